The molecule has 0 aromatic rings. The monoisotopic (exact) mass is 384 g/mol. The van der Waals surface area contributed by atoms with Crippen LogP contribution in [0.5, 0.6) is 0 Å². The maximum absolute atomic E-state index is 9.13. The zero-order valence-electron chi connectivity index (χ0n) is 12.5. The number of carbonyl (C=O) groups is 4. The molecule has 16 heteroatoms. The van der Waals surface area contributed by atoms with Gasteiger partial charge in [0.25, 0.3) is 0 Å². The molecule has 0 amide bonds. The Balaban J connectivity index is -0.0000000422. The van der Waals surface area contributed by atoms with Crippen molar-refractivity contribution in [3.63, 3.8) is 0 Å². The molecule has 0 aromatic carbocycles. The number of nitrogens with two attached hydrogens (primary N) is 4. The number of hydrogen-bond acceptors (Lipinski definition) is 14. The van der Waals surface area contributed by atoms with Crippen molar-refractivity contribution in [2.75, 3.05) is 26.2 Å². The summed E-state index contributed by atoms with van der Waals surface area (Å²) in [6.07, 6.45) is 0. The summed E-state index contributed by atoms with van der Waals surface area (Å²) in [6.45, 7) is -1.56. The van der Waals surface area contributed by atoms with Gasteiger partial charge in [0.2, 0.25) is 0 Å². The van der Waals surface area contributed by atoms with Gasteiger partial charge in [0.05, 0.1) is 23.9 Å². The number of carboxylic acid groups (broad SMARTS) is 4. The fourth-order valence-corrected chi connectivity index (χ4v) is 0. The molecule has 0 spiro atoms. The van der Waals surface area contributed by atoms with Crippen LogP contribution in [0.4, 0.5) is 0 Å². The summed E-state index contributed by atoms with van der Waals surface area (Å²) in [5, 5.41) is 36.5. The Morgan fingerprint density at radius 1 is 0.625 bits per heavy atom. The van der Waals surface area contributed by atoms with Crippen LogP contribution in [-0.2, 0) is 19.2 Å². The molecule has 10 N–H and O–H groups in total. The van der Waals surface area contributed by atoms with E-state index in [0.717, 1.165) is 0 Å². The number of aliphatic carboxylic acids is 4. The summed E-state index contributed by atoms with van der Waals surface area (Å²) in [5.74, 6) is -4.87. The molecule has 0 saturated carbocycles. The van der Waals surface area contributed by atoms with Crippen LogP contribution in [0.2, 0.25) is 0 Å². The second-order valence-electron chi connectivity index (χ2n) is 2.42. The first-order valence-corrected chi connectivity index (χ1v) is 6.23. The van der Waals surface area contributed by atoms with Gasteiger partial charge in [-0.15, -0.1) is 0 Å². The van der Waals surface area contributed by atoms with Crippen molar-refractivity contribution in [3.05, 3.63) is 0 Å². The Bertz CT molecular complexity index is 253. The van der Waals surface area contributed by atoms with E-state index in [0.29, 0.717) is 0 Å². The second kappa shape index (κ2) is 37.7. The first kappa shape index (κ1) is 38.3. The molecule has 0 unspecified atom stereocenters. The Morgan fingerprint density at radius 3 is 0.667 bits per heavy atom. The van der Waals surface area contributed by atoms with Crippen molar-refractivity contribution in [2.45, 2.75) is 0 Å². The van der Waals surface area contributed by atoms with Gasteiger partial charge >= 0.3 is 41.6 Å². The molecular weight excluding hydrogens is 366 g/mol. The number of hydrogen-bond donors (Lipinski definition) is 6. The van der Waals surface area contributed by atoms with E-state index in [4.69, 9.17) is 47.9 Å². The van der Waals surface area contributed by atoms with Crippen LogP contribution in [0.25, 0.3) is 0 Å². The van der Waals surface area contributed by atoms with Crippen LogP contribution in [0.15, 0.2) is 0 Å². The molecule has 0 aliphatic carbocycles. The van der Waals surface area contributed by atoms with Crippen molar-refractivity contribution in [1.82, 2.24) is 0 Å². The number of carbonyl (C=O) groups excluding carboxylic acids is 4. The fourth-order valence-electron chi connectivity index (χ4n) is 0. The summed E-state index contributed by atoms with van der Waals surface area (Å²) in [5.41, 5.74) is 18.0. The molecule has 0 fully saturated rings. The zero-order valence-corrected chi connectivity index (χ0v) is 14.8. The SMILES string of the molecule is NCC(=O)[O-].NCC(=O)[O-].NCC(=O)[O-].NCC(=O)[O-].[Al+3].[OH][Al+][OH]. The number of carboxylic acids is 4. The molecule has 0 aliphatic rings. The average molecular weight is 384 g/mol. The molecule has 0 aromatic heterocycles. The summed E-state index contributed by atoms with van der Waals surface area (Å²) in [7, 11) is 0. The van der Waals surface area contributed by atoms with E-state index < -0.39 is 39.8 Å². The van der Waals surface area contributed by atoms with E-state index >= 15 is 0 Å². The van der Waals surface area contributed by atoms with Crippen LogP contribution in [0.3, 0.4) is 0 Å². The standard InChI is InChI=1S/4C2H5NO2.2Al.2H2O/c4*3-1-2(4)5;;;;/h4*1,3H2,(H,4,5);;;2*1H2/q;;;;2*+3;;/p-6. The quantitative estimate of drug-likeness (QED) is 0.245. The van der Waals surface area contributed by atoms with Gasteiger partial charge in [0.1, 0.15) is 0 Å². The van der Waals surface area contributed by atoms with Gasteiger partial charge in [-0.2, -0.15) is 0 Å². The van der Waals surface area contributed by atoms with E-state index in [1.165, 1.54) is 0 Å². The maximum atomic E-state index is 9.13. The fraction of sp³-hybridized carbons (Fsp3) is 0.500. The van der Waals surface area contributed by atoms with Crippen LogP contribution >= 0.6 is 0 Å². The molecule has 0 bridgehead atoms. The first-order valence-electron chi connectivity index (χ1n) is 5.20. The average Bonchev–Trinajstić information content (AvgIpc) is 2.49. The van der Waals surface area contributed by atoms with Crippen LogP contribution in [0.1, 0.15) is 0 Å². The molecule has 14 nitrogen and oxygen atoms in total. The molecule has 0 radical (unpaired) electrons. The van der Waals surface area contributed by atoms with E-state index in [2.05, 4.69) is 22.9 Å². The van der Waals surface area contributed by atoms with Crippen LogP contribution < -0.4 is 43.4 Å². The Hall–Kier alpha value is -1.30. The van der Waals surface area contributed by atoms with Gasteiger partial charge in [-0.25, -0.2) is 0 Å². The Labute approximate surface area is 154 Å². The third-order valence-corrected chi connectivity index (χ3v) is 0.667. The van der Waals surface area contributed by atoms with Crippen LogP contribution in [0, 0.1) is 0 Å². The molecular formula is C8H18Al2N4O10. The van der Waals surface area contributed by atoms with E-state index in [1.807, 2.05) is 0 Å². The molecule has 0 aliphatic heterocycles. The summed E-state index contributed by atoms with van der Waals surface area (Å²) < 4.78 is 14.4. The predicted octanol–water partition coefficient (Wildman–Crippen LogP) is -11.1. The molecule has 0 rings (SSSR count). The Morgan fingerprint density at radius 2 is 0.667 bits per heavy atom. The van der Waals surface area contributed by atoms with Crippen LogP contribution in [-0.4, -0.2) is 91.6 Å². The topological polar surface area (TPSA) is 305 Å². The third kappa shape index (κ3) is 179. The predicted molar refractivity (Wildman–Crippen MR) is 72.2 cm³/mol. The van der Waals surface area contributed by atoms with Gasteiger partial charge in [0.15, 0.2) is 0 Å². The van der Waals surface area contributed by atoms with Gasteiger partial charge in [-0.1, -0.05) is 0 Å². The van der Waals surface area contributed by atoms with Crippen molar-refractivity contribution in [3.8, 4) is 0 Å². The van der Waals surface area contributed by atoms with E-state index in [9.17, 15) is 0 Å². The molecule has 24 heavy (non-hydrogen) atoms. The summed E-state index contributed by atoms with van der Waals surface area (Å²) >= 11 is -1.25. The van der Waals surface area contributed by atoms with Crippen molar-refractivity contribution in [2.24, 2.45) is 22.9 Å². The summed E-state index contributed by atoms with van der Waals surface area (Å²) in [4.78, 5) is 36.5. The van der Waals surface area contributed by atoms with Crippen molar-refractivity contribution in [1.29, 1.82) is 0 Å². The molecule has 0 saturated heterocycles. The van der Waals surface area contributed by atoms with Gasteiger partial charge < -0.3 is 62.5 Å². The van der Waals surface area contributed by atoms with Crippen molar-refractivity contribution < 1.29 is 47.9 Å². The second-order valence-corrected chi connectivity index (χ2v) is 2.65. The summed E-state index contributed by atoms with van der Waals surface area (Å²) in [6, 6.07) is 0. The van der Waals surface area contributed by atoms with E-state index in [1.54, 1.807) is 0 Å². The zero-order chi connectivity index (χ0) is 19.8. The minimum absolute atomic E-state index is 0. The van der Waals surface area contributed by atoms with Gasteiger partial charge in [-0.3, -0.25) is 0 Å². The van der Waals surface area contributed by atoms with Gasteiger partial charge in [-0.05, 0) is 0 Å². The van der Waals surface area contributed by atoms with Gasteiger partial charge in [0, 0.05) is 26.2 Å². The normalized spacial score (nSPS) is 6.58. The third-order valence-electron chi connectivity index (χ3n) is 0.667. The number of rotatable bonds is 4. The minimum atomic E-state index is -1.25. The first-order chi connectivity index (χ1) is 10.5. The van der Waals surface area contributed by atoms with Crippen molar-refractivity contribution >= 4 is 57.1 Å². The molecule has 136 valence electrons. The Kier molecular flexibility index (Phi) is 60.3. The van der Waals surface area contributed by atoms with E-state index in [-0.39, 0.29) is 43.5 Å². The molecule has 0 heterocycles. The molecule has 0 atom stereocenters.